The van der Waals surface area contributed by atoms with Gasteiger partial charge >= 0.3 is 0 Å². The van der Waals surface area contributed by atoms with Gasteiger partial charge in [-0.2, -0.15) is 0 Å². The zero-order valence-electron chi connectivity index (χ0n) is 18.7. The minimum absolute atomic E-state index is 0.269. The number of halogens is 2. The van der Waals surface area contributed by atoms with Crippen LogP contribution in [-0.4, -0.2) is 51.2 Å². The highest BCUT2D eigenvalue weighted by Gasteiger charge is 2.22. The van der Waals surface area contributed by atoms with Crippen LogP contribution in [0.2, 0.25) is 0 Å². The maximum atomic E-state index is 13.7. The summed E-state index contributed by atoms with van der Waals surface area (Å²) in [5.41, 5.74) is 1.29. The summed E-state index contributed by atoms with van der Waals surface area (Å²) in [6.45, 7) is 4.02. The lowest BCUT2D eigenvalue weighted by molar-refractivity contribution is 0.0827. The lowest BCUT2D eigenvalue weighted by Crippen LogP contribution is -2.36. The van der Waals surface area contributed by atoms with E-state index < -0.39 is 17.7 Å². The van der Waals surface area contributed by atoms with Crippen LogP contribution < -0.4 is 15.6 Å². The molecule has 1 amide bonds. The van der Waals surface area contributed by atoms with E-state index in [2.05, 4.69) is 5.32 Å². The molecule has 0 radical (unpaired) electrons. The smallest absolute Gasteiger partial charge is 0.253 e. The number of rotatable bonds is 5. The number of ether oxygens (including phenoxy) is 1. The van der Waals surface area contributed by atoms with Crippen LogP contribution in [0.25, 0.3) is 11.0 Å². The first kappa shape index (κ1) is 22.7. The summed E-state index contributed by atoms with van der Waals surface area (Å²) in [4.78, 5) is 29.1. The fourth-order valence-electron chi connectivity index (χ4n) is 3.83. The molecule has 0 bridgehead atoms. The molecule has 174 valence electrons. The Morgan fingerprint density at radius 2 is 1.82 bits per heavy atom. The molecule has 1 aliphatic heterocycles. The Balaban J connectivity index is 1.84. The first-order valence-electron chi connectivity index (χ1n) is 10.6. The third-order valence-corrected chi connectivity index (χ3v) is 5.59. The number of fused-ring (bicyclic) bond motifs is 1. The molecule has 0 aliphatic carbocycles. The minimum atomic E-state index is -0.977. The van der Waals surface area contributed by atoms with Crippen LogP contribution in [0.1, 0.15) is 28.9 Å². The van der Waals surface area contributed by atoms with Gasteiger partial charge in [-0.1, -0.05) is 0 Å². The molecule has 3 aromatic rings. The molecule has 9 heteroatoms. The summed E-state index contributed by atoms with van der Waals surface area (Å²) < 4.78 is 38.6. The standard InChI is InChI=1S/C24H25F2N3O4/c1-14(27-16-4-5-19(25)20(26)12-16)17-10-15(24(31)28(2)3)11-18-21(30)13-22(33-23(17)18)29-6-8-32-9-7-29/h4-5,10-14,27H,6-9H2,1-3H3/t14-/m1/s1. The Kier molecular flexibility index (Phi) is 6.33. The van der Waals surface area contributed by atoms with E-state index >= 15 is 0 Å². The predicted molar refractivity (Wildman–Crippen MR) is 122 cm³/mol. The molecule has 1 saturated heterocycles. The van der Waals surface area contributed by atoms with Gasteiger partial charge in [0.05, 0.1) is 24.6 Å². The highest BCUT2D eigenvalue weighted by atomic mass is 19.2. The number of anilines is 2. The zero-order valence-corrected chi connectivity index (χ0v) is 18.7. The molecule has 0 unspecified atom stereocenters. The third-order valence-electron chi connectivity index (χ3n) is 5.59. The highest BCUT2D eigenvalue weighted by molar-refractivity contribution is 5.98. The maximum Gasteiger partial charge on any atom is 0.253 e. The van der Waals surface area contributed by atoms with Gasteiger partial charge in [-0.15, -0.1) is 0 Å². The van der Waals surface area contributed by atoms with Crippen molar-refractivity contribution in [2.75, 3.05) is 50.6 Å². The molecule has 33 heavy (non-hydrogen) atoms. The molecule has 1 aromatic heterocycles. The number of carbonyl (C=O) groups is 1. The average Bonchev–Trinajstić information content (AvgIpc) is 2.80. The molecule has 1 fully saturated rings. The molecular weight excluding hydrogens is 432 g/mol. The molecule has 1 N–H and O–H groups in total. The Bertz CT molecular complexity index is 1250. The van der Waals surface area contributed by atoms with Crippen molar-refractivity contribution < 1.29 is 22.7 Å². The van der Waals surface area contributed by atoms with E-state index in [1.165, 1.54) is 23.1 Å². The lowest BCUT2D eigenvalue weighted by atomic mass is 10.00. The average molecular weight is 457 g/mol. The second-order valence-corrected chi connectivity index (χ2v) is 8.18. The van der Waals surface area contributed by atoms with Gasteiger partial charge in [0.25, 0.3) is 5.91 Å². The van der Waals surface area contributed by atoms with E-state index in [0.29, 0.717) is 54.6 Å². The lowest BCUT2D eigenvalue weighted by Gasteiger charge is -2.27. The first-order valence-corrected chi connectivity index (χ1v) is 10.6. The van der Waals surface area contributed by atoms with Gasteiger partial charge in [0.1, 0.15) is 5.58 Å². The van der Waals surface area contributed by atoms with Gasteiger partial charge in [0, 0.05) is 56.1 Å². The number of morpholine rings is 1. The van der Waals surface area contributed by atoms with Crippen LogP contribution in [0.4, 0.5) is 20.4 Å². The number of benzene rings is 2. The Labute approximate surface area is 189 Å². The summed E-state index contributed by atoms with van der Waals surface area (Å²) in [5, 5.41) is 3.38. The molecule has 2 heterocycles. The van der Waals surface area contributed by atoms with Gasteiger partial charge in [0.2, 0.25) is 0 Å². The van der Waals surface area contributed by atoms with Crippen molar-refractivity contribution in [2.45, 2.75) is 13.0 Å². The van der Waals surface area contributed by atoms with Gasteiger partial charge in [0.15, 0.2) is 22.9 Å². The van der Waals surface area contributed by atoms with Gasteiger partial charge in [-0.3, -0.25) is 9.59 Å². The summed E-state index contributed by atoms with van der Waals surface area (Å²) in [7, 11) is 3.25. The molecule has 0 saturated carbocycles. The van der Waals surface area contributed by atoms with E-state index in [0.717, 1.165) is 12.1 Å². The zero-order chi connectivity index (χ0) is 23.7. The SMILES string of the molecule is C[C@@H](Nc1ccc(F)c(F)c1)c1cc(C(=O)N(C)C)cc2c(=O)cc(N3CCOCC3)oc12. The number of amides is 1. The fourth-order valence-corrected chi connectivity index (χ4v) is 3.83. The Morgan fingerprint density at radius 3 is 2.48 bits per heavy atom. The Morgan fingerprint density at radius 1 is 1.09 bits per heavy atom. The van der Waals surface area contributed by atoms with E-state index in [9.17, 15) is 18.4 Å². The Hall–Kier alpha value is -3.46. The van der Waals surface area contributed by atoms with Crippen LogP contribution >= 0.6 is 0 Å². The molecule has 0 spiro atoms. The van der Waals surface area contributed by atoms with Crippen molar-refractivity contribution in [3.8, 4) is 0 Å². The minimum Gasteiger partial charge on any atom is -0.440 e. The van der Waals surface area contributed by atoms with Crippen LogP contribution in [0.3, 0.4) is 0 Å². The van der Waals surface area contributed by atoms with Crippen LogP contribution in [0.15, 0.2) is 45.6 Å². The van der Waals surface area contributed by atoms with Gasteiger partial charge < -0.3 is 24.3 Å². The van der Waals surface area contributed by atoms with Crippen molar-refractivity contribution in [2.24, 2.45) is 0 Å². The molecular formula is C24H25F2N3O4. The van der Waals surface area contributed by atoms with Crippen molar-refractivity contribution >= 4 is 28.4 Å². The van der Waals surface area contributed by atoms with Crippen LogP contribution in [-0.2, 0) is 4.74 Å². The van der Waals surface area contributed by atoms with Crippen molar-refractivity contribution in [3.63, 3.8) is 0 Å². The fraction of sp³-hybridized carbons (Fsp3) is 0.333. The van der Waals surface area contributed by atoms with E-state index in [4.69, 9.17) is 9.15 Å². The van der Waals surface area contributed by atoms with E-state index in [1.807, 2.05) is 4.90 Å². The number of carbonyl (C=O) groups excluding carboxylic acids is 1. The van der Waals surface area contributed by atoms with E-state index in [1.54, 1.807) is 27.1 Å². The molecule has 2 aromatic carbocycles. The molecule has 4 rings (SSSR count). The van der Waals surface area contributed by atoms with Crippen LogP contribution in [0.5, 0.6) is 0 Å². The van der Waals surface area contributed by atoms with Crippen molar-refractivity contribution in [1.82, 2.24) is 4.90 Å². The normalized spacial score (nSPS) is 14.9. The van der Waals surface area contributed by atoms with Crippen molar-refractivity contribution in [1.29, 1.82) is 0 Å². The quantitative estimate of drug-likeness (QED) is 0.629. The maximum absolute atomic E-state index is 13.7. The largest absolute Gasteiger partial charge is 0.440 e. The topological polar surface area (TPSA) is 75.0 Å². The van der Waals surface area contributed by atoms with Gasteiger partial charge in [-0.05, 0) is 31.2 Å². The van der Waals surface area contributed by atoms with Crippen LogP contribution in [0, 0.1) is 11.6 Å². The third kappa shape index (κ3) is 4.68. The summed E-state index contributed by atoms with van der Waals surface area (Å²) in [5.74, 6) is -1.77. The first-order chi connectivity index (χ1) is 15.7. The second-order valence-electron chi connectivity index (χ2n) is 8.18. The molecule has 7 nitrogen and oxygen atoms in total. The van der Waals surface area contributed by atoms with E-state index in [-0.39, 0.29) is 16.7 Å². The number of nitrogens with zero attached hydrogens (tertiary/aromatic N) is 2. The highest BCUT2D eigenvalue weighted by Crippen LogP contribution is 2.31. The second kappa shape index (κ2) is 9.19. The monoisotopic (exact) mass is 457 g/mol. The summed E-state index contributed by atoms with van der Waals surface area (Å²) >= 11 is 0. The molecule has 1 aliphatic rings. The summed E-state index contributed by atoms with van der Waals surface area (Å²) in [6.07, 6.45) is 0. The number of hydrogen-bond donors (Lipinski definition) is 1. The van der Waals surface area contributed by atoms with Gasteiger partial charge in [-0.25, -0.2) is 8.78 Å². The number of hydrogen-bond acceptors (Lipinski definition) is 6. The van der Waals surface area contributed by atoms with Crippen molar-refractivity contribution in [3.05, 3.63) is 69.4 Å². The summed E-state index contributed by atoms with van der Waals surface area (Å²) in [6, 6.07) is 7.63. The predicted octanol–water partition coefficient (Wildman–Crippen LogP) is 3.78. The number of nitrogens with one attached hydrogen (secondary N) is 1. The molecule has 1 atom stereocenters.